The van der Waals surface area contributed by atoms with Crippen molar-refractivity contribution >= 4 is 46.4 Å². The van der Waals surface area contributed by atoms with Crippen molar-refractivity contribution in [2.24, 2.45) is 0 Å². The summed E-state index contributed by atoms with van der Waals surface area (Å²) in [6.45, 7) is 0. The van der Waals surface area contributed by atoms with E-state index in [4.69, 9.17) is 21.4 Å². The van der Waals surface area contributed by atoms with E-state index in [1.165, 1.54) is 31.0 Å². The third-order valence-electron chi connectivity index (χ3n) is 7.01. The summed E-state index contributed by atoms with van der Waals surface area (Å²) in [7, 11) is 1.35. The number of benzene rings is 3. The normalized spacial score (nSPS) is 16.1. The number of ether oxygens (including phenoxy) is 1. The van der Waals surface area contributed by atoms with E-state index in [0.29, 0.717) is 27.8 Å². The van der Waals surface area contributed by atoms with Crippen LogP contribution in [0.15, 0.2) is 124 Å². The Balaban J connectivity index is 1.34. The molecular formula is C32H24N4O5S2. The minimum atomic E-state index is -0.447. The molecule has 1 aliphatic heterocycles. The van der Waals surface area contributed by atoms with Crippen LogP contribution in [0.3, 0.4) is 0 Å². The van der Waals surface area contributed by atoms with E-state index < -0.39 is 10.9 Å². The number of furan rings is 1. The van der Waals surface area contributed by atoms with E-state index in [9.17, 15) is 14.9 Å². The molecule has 3 heterocycles. The molecule has 0 radical (unpaired) electrons. The van der Waals surface area contributed by atoms with Crippen molar-refractivity contribution in [2.75, 3.05) is 12.0 Å². The Morgan fingerprint density at radius 3 is 2.35 bits per heavy atom. The molecule has 0 spiro atoms. The fourth-order valence-corrected chi connectivity index (χ4v) is 6.17. The van der Waals surface area contributed by atoms with Crippen LogP contribution < -0.4 is 10.2 Å². The molecular weight excluding hydrogens is 585 g/mol. The number of pyridine rings is 1. The highest BCUT2D eigenvalue weighted by Gasteiger charge is 2.42. The summed E-state index contributed by atoms with van der Waals surface area (Å²) in [5, 5.41) is 14.9. The highest BCUT2D eigenvalue weighted by Crippen LogP contribution is 2.43. The van der Waals surface area contributed by atoms with E-state index in [2.05, 4.69) is 10.3 Å². The predicted molar refractivity (Wildman–Crippen MR) is 167 cm³/mol. The van der Waals surface area contributed by atoms with Crippen LogP contribution in [0.2, 0.25) is 0 Å². The van der Waals surface area contributed by atoms with Gasteiger partial charge in [-0.2, -0.15) is 0 Å². The minimum absolute atomic E-state index is 0.0538. The number of carbonyl (C=O) groups excluding carboxylic acids is 1. The molecule has 43 heavy (non-hydrogen) atoms. The first kappa shape index (κ1) is 28.1. The number of hydrogen-bond donors (Lipinski definition) is 1. The molecule has 0 saturated carbocycles. The largest absolute Gasteiger partial charge is 0.465 e. The number of nitrogens with one attached hydrogen (secondary N) is 1. The summed E-state index contributed by atoms with van der Waals surface area (Å²) in [6.07, 6.45) is 1.74. The topological polar surface area (TPSA) is 111 Å². The Labute approximate surface area is 256 Å². The zero-order valence-electron chi connectivity index (χ0n) is 22.7. The summed E-state index contributed by atoms with van der Waals surface area (Å²) >= 11 is 7.35. The molecule has 9 nitrogen and oxygen atoms in total. The molecule has 3 aromatic carbocycles. The van der Waals surface area contributed by atoms with Crippen LogP contribution in [0.1, 0.15) is 33.9 Å². The second-order valence-corrected chi connectivity index (χ2v) is 11.1. The lowest BCUT2D eigenvalue weighted by Gasteiger charge is -2.26. The molecule has 5 aromatic rings. The van der Waals surface area contributed by atoms with Crippen molar-refractivity contribution in [3.63, 3.8) is 0 Å². The smallest absolute Gasteiger partial charge is 0.338 e. The number of aromatic nitrogens is 1. The van der Waals surface area contributed by atoms with Gasteiger partial charge in [0.2, 0.25) is 0 Å². The molecule has 0 amide bonds. The lowest BCUT2D eigenvalue weighted by molar-refractivity contribution is -0.384. The molecule has 1 fully saturated rings. The molecule has 0 bridgehead atoms. The van der Waals surface area contributed by atoms with E-state index in [-0.39, 0.29) is 17.8 Å². The lowest BCUT2D eigenvalue weighted by atomic mass is 10.0. The molecule has 2 aromatic heterocycles. The summed E-state index contributed by atoms with van der Waals surface area (Å²) in [5.74, 6) is 0.724. The molecule has 2 atom stereocenters. The molecule has 1 saturated heterocycles. The number of carbonyl (C=O) groups is 1. The maximum Gasteiger partial charge on any atom is 0.338 e. The van der Waals surface area contributed by atoms with Gasteiger partial charge in [-0.05, 0) is 78.9 Å². The van der Waals surface area contributed by atoms with Crippen molar-refractivity contribution in [3.8, 4) is 11.3 Å². The number of methoxy groups -OCH3 is 1. The third-order valence-corrected chi connectivity index (χ3v) is 8.34. The van der Waals surface area contributed by atoms with E-state index in [1.54, 1.807) is 30.5 Å². The van der Waals surface area contributed by atoms with Gasteiger partial charge in [0.15, 0.2) is 5.11 Å². The Kier molecular flexibility index (Phi) is 7.91. The second-order valence-electron chi connectivity index (χ2n) is 9.58. The number of nitrogens with zero attached hydrogens (tertiary/aromatic N) is 3. The number of rotatable bonds is 8. The van der Waals surface area contributed by atoms with Crippen molar-refractivity contribution in [1.82, 2.24) is 10.3 Å². The number of anilines is 1. The number of non-ortho nitro benzene ring substituents is 1. The summed E-state index contributed by atoms with van der Waals surface area (Å²) in [6, 6.07) is 30.3. The van der Waals surface area contributed by atoms with Crippen LogP contribution in [-0.2, 0) is 4.74 Å². The standard InChI is InChI=1S/C32H24N4O5S2/c1-40-31(37)25-7-3-2-6-24(25)27-17-18-28(41-27)30-29(26-8-4-5-19-33-26)34-32(42)35(30)20-9-13-22(14-10-20)43-23-15-11-21(12-16-23)36(38)39/h2-19,29-30H,1H3,(H,34,42)/t29-,30+/m1/s1. The monoisotopic (exact) mass is 608 g/mol. The van der Waals surface area contributed by atoms with E-state index in [1.807, 2.05) is 71.6 Å². The van der Waals surface area contributed by atoms with Gasteiger partial charge in [0, 0.05) is 39.4 Å². The fraction of sp³-hybridized carbons (Fsp3) is 0.0938. The van der Waals surface area contributed by atoms with E-state index in [0.717, 1.165) is 21.2 Å². The number of esters is 1. The van der Waals surface area contributed by atoms with Gasteiger partial charge < -0.3 is 19.4 Å². The second kappa shape index (κ2) is 12.1. The Hall–Kier alpha value is -5.00. The third kappa shape index (κ3) is 5.72. The van der Waals surface area contributed by atoms with Gasteiger partial charge in [-0.25, -0.2) is 4.79 Å². The fourth-order valence-electron chi connectivity index (χ4n) is 5.01. The van der Waals surface area contributed by atoms with Crippen LogP contribution in [-0.4, -0.2) is 28.1 Å². The lowest BCUT2D eigenvalue weighted by Crippen LogP contribution is -2.29. The van der Waals surface area contributed by atoms with Gasteiger partial charge in [-0.15, -0.1) is 0 Å². The Morgan fingerprint density at radius 2 is 1.67 bits per heavy atom. The van der Waals surface area contributed by atoms with Gasteiger partial charge in [0.25, 0.3) is 5.69 Å². The van der Waals surface area contributed by atoms with Gasteiger partial charge in [0.1, 0.15) is 17.6 Å². The van der Waals surface area contributed by atoms with Gasteiger partial charge in [0.05, 0.1) is 29.3 Å². The van der Waals surface area contributed by atoms with Crippen molar-refractivity contribution in [3.05, 3.63) is 136 Å². The van der Waals surface area contributed by atoms with Gasteiger partial charge >= 0.3 is 5.97 Å². The molecule has 1 aliphatic rings. The molecule has 214 valence electrons. The predicted octanol–water partition coefficient (Wildman–Crippen LogP) is 7.36. The maximum atomic E-state index is 12.4. The Bertz CT molecular complexity index is 1790. The SMILES string of the molecule is COC(=O)c1ccccc1-c1ccc([C@H]2[C@@H](c3ccccn3)NC(=S)N2c2ccc(Sc3ccc([N+](=O)[O-])cc3)cc2)o1. The van der Waals surface area contributed by atoms with Crippen LogP contribution in [0.25, 0.3) is 11.3 Å². The van der Waals surface area contributed by atoms with Crippen LogP contribution in [0.4, 0.5) is 11.4 Å². The molecule has 11 heteroatoms. The number of thiocarbonyl (C=S) groups is 1. The number of nitro groups is 1. The average Bonchev–Trinajstić information content (AvgIpc) is 3.66. The quantitative estimate of drug-likeness (QED) is 0.0830. The van der Waals surface area contributed by atoms with E-state index >= 15 is 0 Å². The average molecular weight is 609 g/mol. The molecule has 0 unspecified atom stereocenters. The first-order valence-electron chi connectivity index (χ1n) is 13.2. The van der Waals surface area contributed by atoms with Crippen LogP contribution in [0.5, 0.6) is 0 Å². The first-order valence-corrected chi connectivity index (χ1v) is 14.5. The summed E-state index contributed by atoms with van der Waals surface area (Å²) in [5.41, 5.74) is 2.74. The van der Waals surface area contributed by atoms with Crippen molar-refractivity contribution in [2.45, 2.75) is 21.9 Å². The van der Waals surface area contributed by atoms with Gasteiger partial charge in [-0.3, -0.25) is 15.1 Å². The highest BCUT2D eigenvalue weighted by atomic mass is 32.2. The zero-order valence-corrected chi connectivity index (χ0v) is 24.4. The molecule has 0 aliphatic carbocycles. The minimum Gasteiger partial charge on any atom is -0.465 e. The number of hydrogen-bond acceptors (Lipinski definition) is 8. The molecule has 6 rings (SSSR count). The van der Waals surface area contributed by atoms with Crippen LogP contribution >= 0.6 is 24.0 Å². The Morgan fingerprint density at radius 1 is 0.977 bits per heavy atom. The number of nitro benzene ring substituents is 1. The van der Waals surface area contributed by atoms with Crippen molar-refractivity contribution in [1.29, 1.82) is 0 Å². The first-order chi connectivity index (χ1) is 20.9. The zero-order chi connectivity index (χ0) is 29.9. The summed E-state index contributed by atoms with van der Waals surface area (Å²) in [4.78, 5) is 31.5. The summed E-state index contributed by atoms with van der Waals surface area (Å²) < 4.78 is 11.4. The van der Waals surface area contributed by atoms with Crippen LogP contribution in [0, 0.1) is 10.1 Å². The molecule has 1 N–H and O–H groups in total. The maximum absolute atomic E-state index is 12.4. The van der Waals surface area contributed by atoms with Crippen molar-refractivity contribution < 1.29 is 18.9 Å². The highest BCUT2D eigenvalue weighted by molar-refractivity contribution is 7.99. The van der Waals surface area contributed by atoms with Gasteiger partial charge in [-0.1, -0.05) is 36.0 Å².